The Labute approximate surface area is 102 Å². The van der Waals surface area contributed by atoms with Crippen LogP contribution in [0.15, 0.2) is 10.6 Å². The standard InChI is InChI=1S/C13H21N3O/c1-11-8-12(15-17-11)9-16-7-6-14-13(10-16)4-2-3-5-13/h8,14H,2-7,9-10H2,1H3. The van der Waals surface area contributed by atoms with Crippen LogP contribution in [-0.2, 0) is 6.54 Å². The highest BCUT2D eigenvalue weighted by Gasteiger charge is 2.37. The maximum absolute atomic E-state index is 5.13. The second-order valence-electron chi connectivity index (χ2n) is 5.55. The molecule has 0 radical (unpaired) electrons. The van der Waals surface area contributed by atoms with E-state index in [1.54, 1.807) is 0 Å². The Morgan fingerprint density at radius 2 is 2.29 bits per heavy atom. The van der Waals surface area contributed by atoms with Crippen LogP contribution in [0.4, 0.5) is 0 Å². The summed E-state index contributed by atoms with van der Waals surface area (Å²) < 4.78 is 5.13. The lowest BCUT2D eigenvalue weighted by molar-refractivity contribution is 0.126. The summed E-state index contributed by atoms with van der Waals surface area (Å²) in [6, 6.07) is 2.04. The molecule has 1 N–H and O–H groups in total. The average Bonchev–Trinajstić information content (AvgIpc) is 2.89. The Morgan fingerprint density at radius 3 is 3.00 bits per heavy atom. The number of hydrogen-bond donors (Lipinski definition) is 1. The Bertz CT molecular complexity index is 382. The van der Waals surface area contributed by atoms with E-state index in [0.29, 0.717) is 5.54 Å². The molecule has 2 aliphatic rings. The van der Waals surface area contributed by atoms with Crippen molar-refractivity contribution in [1.29, 1.82) is 0 Å². The van der Waals surface area contributed by atoms with E-state index in [1.807, 2.05) is 13.0 Å². The van der Waals surface area contributed by atoms with Crippen molar-refractivity contribution in [2.45, 2.75) is 44.7 Å². The molecule has 4 nitrogen and oxygen atoms in total. The molecular formula is C13H21N3O. The van der Waals surface area contributed by atoms with Gasteiger partial charge in [-0.2, -0.15) is 0 Å². The molecule has 1 aliphatic carbocycles. The molecule has 0 aromatic carbocycles. The minimum absolute atomic E-state index is 0.400. The third kappa shape index (κ3) is 2.38. The molecule has 2 fully saturated rings. The van der Waals surface area contributed by atoms with Gasteiger partial charge in [0.1, 0.15) is 5.76 Å². The van der Waals surface area contributed by atoms with Crippen LogP contribution in [0, 0.1) is 6.92 Å². The Hall–Kier alpha value is -0.870. The summed E-state index contributed by atoms with van der Waals surface area (Å²) in [5, 5.41) is 7.82. The minimum atomic E-state index is 0.400. The van der Waals surface area contributed by atoms with E-state index >= 15 is 0 Å². The van der Waals surface area contributed by atoms with Gasteiger partial charge in [-0.1, -0.05) is 18.0 Å². The quantitative estimate of drug-likeness (QED) is 0.847. The highest BCUT2D eigenvalue weighted by Crippen LogP contribution is 2.32. The SMILES string of the molecule is Cc1cc(CN2CCNC3(CCCC3)C2)no1. The van der Waals surface area contributed by atoms with Crippen LogP contribution in [0.25, 0.3) is 0 Å². The van der Waals surface area contributed by atoms with Crippen LogP contribution in [0.5, 0.6) is 0 Å². The van der Waals surface area contributed by atoms with Gasteiger partial charge in [-0.3, -0.25) is 4.90 Å². The molecule has 94 valence electrons. The Morgan fingerprint density at radius 1 is 1.47 bits per heavy atom. The van der Waals surface area contributed by atoms with Gasteiger partial charge in [0.25, 0.3) is 0 Å². The van der Waals surface area contributed by atoms with E-state index in [4.69, 9.17) is 4.52 Å². The van der Waals surface area contributed by atoms with E-state index < -0.39 is 0 Å². The van der Waals surface area contributed by atoms with Crippen molar-refractivity contribution in [2.24, 2.45) is 0 Å². The minimum Gasteiger partial charge on any atom is -0.361 e. The molecule has 0 unspecified atom stereocenters. The van der Waals surface area contributed by atoms with E-state index in [1.165, 1.54) is 32.2 Å². The third-order valence-corrected chi connectivity index (χ3v) is 4.08. The lowest BCUT2D eigenvalue weighted by Gasteiger charge is -2.41. The normalized spacial score (nSPS) is 24.5. The number of aromatic nitrogens is 1. The lowest BCUT2D eigenvalue weighted by atomic mass is 9.94. The van der Waals surface area contributed by atoms with Crippen LogP contribution >= 0.6 is 0 Å². The first-order chi connectivity index (χ1) is 8.26. The summed E-state index contributed by atoms with van der Waals surface area (Å²) in [5.74, 6) is 0.908. The number of aryl methyl sites for hydroxylation is 1. The first kappa shape index (κ1) is 11.2. The first-order valence-corrected chi connectivity index (χ1v) is 6.65. The van der Waals surface area contributed by atoms with Gasteiger partial charge in [0, 0.05) is 37.8 Å². The van der Waals surface area contributed by atoms with Crippen LogP contribution in [0.1, 0.15) is 37.1 Å². The molecule has 3 rings (SSSR count). The molecule has 1 spiro atoms. The highest BCUT2D eigenvalue weighted by molar-refractivity contribution is 5.05. The van der Waals surface area contributed by atoms with Crippen LogP contribution in [0.2, 0.25) is 0 Å². The zero-order valence-corrected chi connectivity index (χ0v) is 10.5. The van der Waals surface area contributed by atoms with Gasteiger partial charge in [0.15, 0.2) is 0 Å². The fourth-order valence-electron chi connectivity index (χ4n) is 3.29. The van der Waals surface area contributed by atoms with Gasteiger partial charge < -0.3 is 9.84 Å². The summed E-state index contributed by atoms with van der Waals surface area (Å²) in [7, 11) is 0. The molecule has 1 saturated heterocycles. The summed E-state index contributed by atoms with van der Waals surface area (Å²) in [6.07, 6.45) is 5.43. The number of nitrogens with one attached hydrogen (secondary N) is 1. The zero-order valence-electron chi connectivity index (χ0n) is 10.5. The number of rotatable bonds is 2. The Balaban J connectivity index is 1.64. The summed E-state index contributed by atoms with van der Waals surface area (Å²) in [6.45, 7) is 6.27. The fraction of sp³-hybridized carbons (Fsp3) is 0.769. The second kappa shape index (κ2) is 4.42. The van der Waals surface area contributed by atoms with Crippen molar-refractivity contribution in [3.05, 3.63) is 17.5 Å². The van der Waals surface area contributed by atoms with E-state index in [0.717, 1.165) is 31.1 Å². The average molecular weight is 235 g/mol. The molecule has 1 aromatic heterocycles. The van der Waals surface area contributed by atoms with Gasteiger partial charge in [-0.25, -0.2) is 0 Å². The van der Waals surface area contributed by atoms with E-state index in [9.17, 15) is 0 Å². The first-order valence-electron chi connectivity index (χ1n) is 6.65. The molecule has 1 aromatic rings. The van der Waals surface area contributed by atoms with Gasteiger partial charge in [-0.05, 0) is 19.8 Å². The summed E-state index contributed by atoms with van der Waals surface area (Å²) in [4.78, 5) is 2.51. The molecule has 0 bridgehead atoms. The predicted octanol–water partition coefficient (Wildman–Crippen LogP) is 1.70. The molecule has 4 heteroatoms. The molecular weight excluding hydrogens is 214 g/mol. The van der Waals surface area contributed by atoms with Crippen molar-refractivity contribution in [3.63, 3.8) is 0 Å². The van der Waals surface area contributed by atoms with Crippen molar-refractivity contribution in [3.8, 4) is 0 Å². The molecule has 0 atom stereocenters. The second-order valence-corrected chi connectivity index (χ2v) is 5.55. The molecule has 2 heterocycles. The number of nitrogens with zero attached hydrogens (tertiary/aromatic N) is 2. The number of hydrogen-bond acceptors (Lipinski definition) is 4. The fourth-order valence-corrected chi connectivity index (χ4v) is 3.29. The van der Waals surface area contributed by atoms with Crippen LogP contribution in [0.3, 0.4) is 0 Å². The van der Waals surface area contributed by atoms with Crippen molar-refractivity contribution in [2.75, 3.05) is 19.6 Å². The largest absolute Gasteiger partial charge is 0.361 e. The molecule has 0 amide bonds. The molecule has 1 aliphatic heterocycles. The van der Waals surface area contributed by atoms with Gasteiger partial charge in [0.2, 0.25) is 0 Å². The zero-order chi connectivity index (χ0) is 11.7. The summed E-state index contributed by atoms with van der Waals surface area (Å²) >= 11 is 0. The summed E-state index contributed by atoms with van der Waals surface area (Å²) in [5.41, 5.74) is 1.47. The van der Waals surface area contributed by atoms with E-state index in [2.05, 4.69) is 15.4 Å². The van der Waals surface area contributed by atoms with Gasteiger partial charge in [-0.15, -0.1) is 0 Å². The van der Waals surface area contributed by atoms with E-state index in [-0.39, 0.29) is 0 Å². The smallest absolute Gasteiger partial charge is 0.133 e. The van der Waals surface area contributed by atoms with Crippen molar-refractivity contribution in [1.82, 2.24) is 15.4 Å². The predicted molar refractivity (Wildman–Crippen MR) is 65.7 cm³/mol. The third-order valence-electron chi connectivity index (χ3n) is 4.08. The monoisotopic (exact) mass is 235 g/mol. The Kier molecular flexibility index (Phi) is 2.92. The lowest BCUT2D eigenvalue weighted by Crippen LogP contribution is -2.58. The maximum atomic E-state index is 5.13. The molecule has 17 heavy (non-hydrogen) atoms. The van der Waals surface area contributed by atoms with Crippen LogP contribution < -0.4 is 5.32 Å². The highest BCUT2D eigenvalue weighted by atomic mass is 16.5. The van der Waals surface area contributed by atoms with Crippen LogP contribution in [-0.4, -0.2) is 35.2 Å². The van der Waals surface area contributed by atoms with Crippen molar-refractivity contribution >= 4 is 0 Å². The number of piperazine rings is 1. The van der Waals surface area contributed by atoms with Crippen molar-refractivity contribution < 1.29 is 4.52 Å². The van der Waals surface area contributed by atoms with Gasteiger partial charge >= 0.3 is 0 Å². The maximum Gasteiger partial charge on any atom is 0.133 e. The topological polar surface area (TPSA) is 41.3 Å². The van der Waals surface area contributed by atoms with Gasteiger partial charge in [0.05, 0.1) is 5.69 Å². The molecule has 1 saturated carbocycles.